The highest BCUT2D eigenvalue weighted by molar-refractivity contribution is 9.10. The molecule has 82 valence electrons. The van der Waals surface area contributed by atoms with Crippen LogP contribution in [0.15, 0.2) is 34.8 Å². The molecule has 0 unspecified atom stereocenters. The zero-order valence-corrected chi connectivity index (χ0v) is 10.1. The number of carbonyl (C=O) groups is 1. The van der Waals surface area contributed by atoms with Crippen molar-refractivity contribution < 1.29 is 9.90 Å². The Morgan fingerprint density at radius 2 is 2.12 bits per heavy atom. The second-order valence-corrected chi connectivity index (χ2v) is 4.19. The van der Waals surface area contributed by atoms with Crippen LogP contribution in [0, 0.1) is 6.92 Å². The van der Waals surface area contributed by atoms with E-state index < -0.39 is 5.97 Å². The zero-order chi connectivity index (χ0) is 11.7. The van der Waals surface area contributed by atoms with Crippen molar-refractivity contribution in [3.63, 3.8) is 0 Å². The first-order valence-corrected chi connectivity index (χ1v) is 5.44. The van der Waals surface area contributed by atoms with Gasteiger partial charge in [0, 0.05) is 10.2 Å². The summed E-state index contributed by atoms with van der Waals surface area (Å²) in [7, 11) is 0. The van der Waals surface area contributed by atoms with E-state index in [1.54, 1.807) is 10.7 Å². The van der Waals surface area contributed by atoms with Crippen molar-refractivity contribution in [2.45, 2.75) is 6.92 Å². The van der Waals surface area contributed by atoms with Crippen LogP contribution in [0.3, 0.4) is 0 Å². The fourth-order valence-corrected chi connectivity index (χ4v) is 1.90. The van der Waals surface area contributed by atoms with Gasteiger partial charge < -0.3 is 5.11 Å². The minimum atomic E-state index is -1.02. The quantitative estimate of drug-likeness (QED) is 0.920. The Labute approximate surface area is 101 Å². The number of aryl methyl sites for hydroxylation is 1. The van der Waals surface area contributed by atoms with Crippen molar-refractivity contribution in [3.05, 3.63) is 46.2 Å². The maximum atomic E-state index is 10.8. The summed E-state index contributed by atoms with van der Waals surface area (Å²) in [4.78, 5) is 10.8. The van der Waals surface area contributed by atoms with Crippen LogP contribution >= 0.6 is 15.9 Å². The van der Waals surface area contributed by atoms with Crippen molar-refractivity contribution in [2.24, 2.45) is 0 Å². The summed E-state index contributed by atoms with van der Waals surface area (Å²) in [6.45, 7) is 1.82. The summed E-state index contributed by atoms with van der Waals surface area (Å²) in [6, 6.07) is 9.07. The third-order valence-corrected chi connectivity index (χ3v) is 2.86. The number of carboxylic acids is 1. The Bertz CT molecular complexity index is 549. The normalized spacial score (nSPS) is 10.4. The highest BCUT2D eigenvalue weighted by atomic mass is 79.9. The van der Waals surface area contributed by atoms with Gasteiger partial charge in [-0.3, -0.25) is 0 Å². The van der Waals surface area contributed by atoms with Crippen molar-refractivity contribution in [2.75, 3.05) is 0 Å². The van der Waals surface area contributed by atoms with Gasteiger partial charge in [-0.2, -0.15) is 5.10 Å². The Morgan fingerprint density at radius 3 is 2.69 bits per heavy atom. The first-order chi connectivity index (χ1) is 7.59. The minimum absolute atomic E-state index is 0.0493. The molecule has 1 N–H and O–H groups in total. The van der Waals surface area contributed by atoms with Gasteiger partial charge in [-0.15, -0.1) is 0 Å². The molecule has 1 heterocycles. The molecular formula is C11H9BrN2O2. The van der Waals surface area contributed by atoms with E-state index >= 15 is 0 Å². The Kier molecular flexibility index (Phi) is 2.78. The molecule has 1 aromatic carbocycles. The van der Waals surface area contributed by atoms with E-state index in [0.29, 0.717) is 0 Å². The predicted octanol–water partition coefficient (Wildman–Crippen LogP) is 2.64. The lowest BCUT2D eigenvalue weighted by Crippen LogP contribution is -2.02. The third kappa shape index (κ3) is 1.86. The first-order valence-electron chi connectivity index (χ1n) is 4.64. The van der Waals surface area contributed by atoms with E-state index in [-0.39, 0.29) is 5.69 Å². The van der Waals surface area contributed by atoms with E-state index in [4.69, 9.17) is 5.11 Å². The van der Waals surface area contributed by atoms with Crippen molar-refractivity contribution in [1.29, 1.82) is 0 Å². The SMILES string of the molecule is Cc1cc(C(=O)O)nn1-c1ccccc1Br. The number of carboxylic acid groups (broad SMARTS) is 1. The molecule has 0 saturated heterocycles. The van der Waals surface area contributed by atoms with E-state index in [1.807, 2.05) is 31.2 Å². The second kappa shape index (κ2) is 4.09. The number of hydrogen-bond donors (Lipinski definition) is 1. The van der Waals surface area contributed by atoms with Gasteiger partial charge in [0.1, 0.15) is 0 Å². The third-order valence-electron chi connectivity index (χ3n) is 2.19. The largest absolute Gasteiger partial charge is 0.476 e. The summed E-state index contributed by atoms with van der Waals surface area (Å²) in [5.74, 6) is -1.02. The highest BCUT2D eigenvalue weighted by Crippen LogP contribution is 2.21. The van der Waals surface area contributed by atoms with Gasteiger partial charge in [0.05, 0.1) is 5.69 Å². The monoisotopic (exact) mass is 280 g/mol. The number of aromatic nitrogens is 2. The number of para-hydroxylation sites is 1. The molecule has 0 spiro atoms. The van der Waals surface area contributed by atoms with Crippen LogP contribution in [0.25, 0.3) is 5.69 Å². The first kappa shape index (κ1) is 10.9. The Hall–Kier alpha value is -1.62. The molecule has 0 bridgehead atoms. The minimum Gasteiger partial charge on any atom is -0.476 e. The molecule has 2 aromatic rings. The lowest BCUT2D eigenvalue weighted by molar-refractivity contribution is 0.0690. The van der Waals surface area contributed by atoms with Gasteiger partial charge in [0.25, 0.3) is 0 Å². The van der Waals surface area contributed by atoms with Gasteiger partial charge in [-0.25, -0.2) is 9.48 Å². The summed E-state index contributed by atoms with van der Waals surface area (Å²) in [5.41, 5.74) is 1.66. The van der Waals surface area contributed by atoms with Crippen LogP contribution in [0.2, 0.25) is 0 Å². The lowest BCUT2D eigenvalue weighted by Gasteiger charge is -2.05. The van der Waals surface area contributed by atoms with Gasteiger partial charge >= 0.3 is 5.97 Å². The smallest absolute Gasteiger partial charge is 0.356 e. The maximum Gasteiger partial charge on any atom is 0.356 e. The Balaban J connectivity index is 2.57. The highest BCUT2D eigenvalue weighted by Gasteiger charge is 2.12. The average molecular weight is 281 g/mol. The number of nitrogens with zero attached hydrogens (tertiary/aromatic N) is 2. The molecule has 0 fully saturated rings. The van der Waals surface area contributed by atoms with Crippen LogP contribution in [0.4, 0.5) is 0 Å². The molecule has 0 atom stereocenters. The fourth-order valence-electron chi connectivity index (χ4n) is 1.45. The summed E-state index contributed by atoms with van der Waals surface area (Å²) in [5, 5.41) is 12.9. The van der Waals surface area contributed by atoms with Gasteiger partial charge in [-0.05, 0) is 41.1 Å². The number of halogens is 1. The molecule has 5 heteroatoms. The van der Waals surface area contributed by atoms with E-state index in [9.17, 15) is 4.79 Å². The lowest BCUT2D eigenvalue weighted by atomic mass is 10.3. The van der Waals surface area contributed by atoms with Crippen molar-refractivity contribution >= 4 is 21.9 Å². The maximum absolute atomic E-state index is 10.8. The molecule has 0 aliphatic carbocycles. The topological polar surface area (TPSA) is 55.1 Å². The second-order valence-electron chi connectivity index (χ2n) is 3.34. The van der Waals surface area contributed by atoms with Crippen LogP contribution < -0.4 is 0 Å². The summed E-state index contributed by atoms with van der Waals surface area (Å²) < 4.78 is 2.48. The van der Waals surface area contributed by atoms with Gasteiger partial charge in [0.2, 0.25) is 0 Å². The van der Waals surface area contributed by atoms with Crippen LogP contribution in [0.5, 0.6) is 0 Å². The van der Waals surface area contributed by atoms with Gasteiger partial charge in [-0.1, -0.05) is 12.1 Å². The molecule has 0 aliphatic rings. The summed E-state index contributed by atoms with van der Waals surface area (Å²) in [6.07, 6.45) is 0. The van der Waals surface area contributed by atoms with Crippen molar-refractivity contribution in [1.82, 2.24) is 9.78 Å². The molecule has 1 aromatic heterocycles. The zero-order valence-electron chi connectivity index (χ0n) is 8.51. The summed E-state index contributed by atoms with van der Waals surface area (Å²) >= 11 is 3.41. The van der Waals surface area contributed by atoms with E-state index in [1.165, 1.54) is 0 Å². The van der Waals surface area contributed by atoms with Crippen molar-refractivity contribution in [3.8, 4) is 5.69 Å². The molecular weight excluding hydrogens is 272 g/mol. The number of benzene rings is 1. The van der Waals surface area contributed by atoms with Crippen LogP contribution in [-0.2, 0) is 0 Å². The molecule has 4 nitrogen and oxygen atoms in total. The molecule has 16 heavy (non-hydrogen) atoms. The van der Waals surface area contributed by atoms with E-state index in [0.717, 1.165) is 15.9 Å². The van der Waals surface area contributed by atoms with Crippen LogP contribution in [-0.4, -0.2) is 20.9 Å². The average Bonchev–Trinajstić information content (AvgIpc) is 2.61. The fraction of sp³-hybridized carbons (Fsp3) is 0.0909. The molecule has 0 aliphatic heterocycles. The number of rotatable bonds is 2. The molecule has 0 saturated carbocycles. The van der Waals surface area contributed by atoms with Crippen LogP contribution in [0.1, 0.15) is 16.2 Å². The molecule has 0 amide bonds. The molecule has 0 radical (unpaired) electrons. The van der Waals surface area contributed by atoms with Gasteiger partial charge in [0.15, 0.2) is 5.69 Å². The Morgan fingerprint density at radius 1 is 1.44 bits per heavy atom. The standard InChI is InChI=1S/C11H9BrN2O2/c1-7-6-9(11(15)16)13-14(7)10-5-3-2-4-8(10)12/h2-6H,1H3,(H,15,16). The molecule has 2 rings (SSSR count). The number of aromatic carboxylic acids is 1. The number of hydrogen-bond acceptors (Lipinski definition) is 2. The van der Waals surface area contributed by atoms with E-state index in [2.05, 4.69) is 21.0 Å². The predicted molar refractivity (Wildman–Crippen MR) is 63.0 cm³/mol.